The van der Waals surface area contributed by atoms with Gasteiger partial charge in [0.15, 0.2) is 5.82 Å². The molecule has 174 valence electrons. The quantitative estimate of drug-likeness (QED) is 0.242. The van der Waals surface area contributed by atoms with Gasteiger partial charge in [0, 0.05) is 35.5 Å². The Labute approximate surface area is 202 Å². The van der Waals surface area contributed by atoms with Crippen molar-refractivity contribution < 1.29 is 4.39 Å². The molecule has 0 fully saturated rings. The lowest BCUT2D eigenvalue weighted by Crippen LogP contribution is -2.15. The van der Waals surface area contributed by atoms with Crippen LogP contribution in [-0.2, 0) is 0 Å². The van der Waals surface area contributed by atoms with E-state index in [4.69, 9.17) is 4.98 Å². The van der Waals surface area contributed by atoms with Crippen molar-refractivity contribution in [3.63, 3.8) is 0 Å². The molecule has 0 aliphatic rings. The molecule has 0 aliphatic carbocycles. The van der Waals surface area contributed by atoms with Crippen LogP contribution in [0, 0.1) is 5.82 Å². The monoisotopic (exact) mass is 464 g/mol. The first-order valence-corrected chi connectivity index (χ1v) is 11.4. The van der Waals surface area contributed by atoms with Crippen LogP contribution in [0.5, 0.6) is 0 Å². The highest BCUT2D eigenvalue weighted by atomic mass is 19.1. The van der Waals surface area contributed by atoms with Crippen molar-refractivity contribution in [3.8, 4) is 22.6 Å². The molecule has 0 aliphatic heterocycles. The van der Waals surface area contributed by atoms with Crippen molar-refractivity contribution >= 4 is 34.2 Å². The minimum atomic E-state index is -0.279. The minimum Gasteiger partial charge on any atom is -0.337 e. The first-order valence-electron chi connectivity index (χ1n) is 11.4. The third-order valence-electron chi connectivity index (χ3n) is 5.70. The van der Waals surface area contributed by atoms with Crippen molar-refractivity contribution in [3.05, 3.63) is 90.4 Å². The van der Waals surface area contributed by atoms with E-state index in [0.29, 0.717) is 29.1 Å². The van der Waals surface area contributed by atoms with Gasteiger partial charge in [-0.25, -0.2) is 9.37 Å². The Bertz CT molecular complexity index is 1570. The summed E-state index contributed by atoms with van der Waals surface area (Å²) in [6.07, 6.45) is 5.44. The van der Waals surface area contributed by atoms with Crippen LogP contribution in [0.1, 0.15) is 12.5 Å². The van der Waals surface area contributed by atoms with Crippen molar-refractivity contribution in [2.45, 2.75) is 6.92 Å². The largest absolute Gasteiger partial charge is 0.337 e. The molecule has 7 heteroatoms. The van der Waals surface area contributed by atoms with Crippen molar-refractivity contribution in [2.24, 2.45) is 4.99 Å². The number of hydrogen-bond donors (Lipinski definition) is 3. The van der Waals surface area contributed by atoms with Gasteiger partial charge in [0.05, 0.1) is 16.6 Å². The number of rotatable bonds is 8. The van der Waals surface area contributed by atoms with E-state index >= 15 is 0 Å². The van der Waals surface area contributed by atoms with Crippen LogP contribution < -0.4 is 5.32 Å². The zero-order valence-corrected chi connectivity index (χ0v) is 19.3. The maximum atomic E-state index is 14.5. The maximum absolute atomic E-state index is 14.5. The first-order chi connectivity index (χ1) is 17.1. The Morgan fingerprint density at radius 1 is 1.09 bits per heavy atom. The average Bonchev–Trinajstić information content (AvgIpc) is 3.49. The maximum Gasteiger partial charge on any atom is 0.159 e. The van der Waals surface area contributed by atoms with Gasteiger partial charge in [-0.05, 0) is 48.0 Å². The number of aliphatic imine (C=N–C) groups is 1. The number of hydrogen-bond acceptors (Lipinski definition) is 4. The molecule has 0 amide bonds. The third-order valence-corrected chi connectivity index (χ3v) is 5.70. The molecule has 2 heterocycles. The number of H-pyrrole nitrogens is 2. The molecule has 0 saturated heterocycles. The highest BCUT2D eigenvalue weighted by Gasteiger charge is 2.16. The summed E-state index contributed by atoms with van der Waals surface area (Å²) in [7, 11) is 0. The Hall–Kier alpha value is -4.36. The summed E-state index contributed by atoms with van der Waals surface area (Å²) in [5.41, 5.74) is 6.28. The van der Waals surface area contributed by atoms with Gasteiger partial charge in [-0.1, -0.05) is 49.9 Å². The fourth-order valence-electron chi connectivity index (χ4n) is 3.97. The van der Waals surface area contributed by atoms with Crippen LogP contribution in [0.4, 0.5) is 4.39 Å². The Morgan fingerprint density at radius 2 is 1.94 bits per heavy atom. The van der Waals surface area contributed by atoms with Crippen LogP contribution in [0.15, 0.2) is 84.0 Å². The van der Waals surface area contributed by atoms with E-state index in [1.807, 2.05) is 48.5 Å². The second kappa shape index (κ2) is 9.87. The number of imidazole rings is 1. The second-order valence-electron chi connectivity index (χ2n) is 8.18. The molecular weight excluding hydrogens is 439 g/mol. The molecule has 5 aromatic rings. The van der Waals surface area contributed by atoms with E-state index in [2.05, 4.69) is 39.0 Å². The summed E-state index contributed by atoms with van der Waals surface area (Å²) in [6.45, 7) is 7.64. The minimum absolute atomic E-state index is 0.279. The summed E-state index contributed by atoms with van der Waals surface area (Å²) in [4.78, 5) is 12.5. The standard InChI is InChI=1S/C28H25FN6/c1-3-30-16-18(2)17-31-14-13-19-11-12-24-22(15-19)27(35-34-24)28-32-25-10-6-8-21(26(25)33-28)20-7-4-5-9-23(20)29/h4-15,17,30H,2-3,16H2,1H3,(H,32,33)(H,34,35)/b14-13+,31-17?. The lowest BCUT2D eigenvalue weighted by atomic mass is 10.0. The first kappa shape index (κ1) is 22.4. The molecule has 6 nitrogen and oxygen atoms in total. The van der Waals surface area contributed by atoms with Crippen LogP contribution >= 0.6 is 0 Å². The molecule has 2 aromatic heterocycles. The van der Waals surface area contributed by atoms with E-state index in [0.717, 1.165) is 39.7 Å². The Balaban J connectivity index is 1.47. The molecule has 3 N–H and O–H groups in total. The molecule has 0 spiro atoms. The number of likely N-dealkylation sites (N-methyl/N-ethyl adjacent to an activating group) is 1. The van der Waals surface area contributed by atoms with E-state index in [1.165, 1.54) is 6.07 Å². The number of halogens is 1. The number of aromatic amines is 2. The fraction of sp³-hybridized carbons (Fsp3) is 0.107. The van der Waals surface area contributed by atoms with Crippen LogP contribution in [0.3, 0.4) is 0 Å². The predicted octanol–water partition coefficient (Wildman–Crippen LogP) is 6.12. The Kier molecular flexibility index (Phi) is 6.32. The van der Waals surface area contributed by atoms with Gasteiger partial charge in [0.1, 0.15) is 11.5 Å². The molecule has 5 rings (SSSR count). The topological polar surface area (TPSA) is 81.8 Å². The molecule has 0 atom stereocenters. The summed E-state index contributed by atoms with van der Waals surface area (Å²) in [5.74, 6) is 0.341. The summed E-state index contributed by atoms with van der Waals surface area (Å²) in [6, 6.07) is 18.4. The zero-order valence-electron chi connectivity index (χ0n) is 19.3. The van der Waals surface area contributed by atoms with Gasteiger partial charge >= 0.3 is 0 Å². The summed E-state index contributed by atoms with van der Waals surface area (Å²) >= 11 is 0. The number of benzene rings is 3. The van der Waals surface area contributed by atoms with Crippen molar-refractivity contribution in [2.75, 3.05) is 13.1 Å². The Morgan fingerprint density at radius 3 is 2.80 bits per heavy atom. The lowest BCUT2D eigenvalue weighted by molar-refractivity contribution is 0.631. The van der Waals surface area contributed by atoms with E-state index in [-0.39, 0.29) is 5.82 Å². The van der Waals surface area contributed by atoms with Crippen LogP contribution in [-0.4, -0.2) is 39.5 Å². The second-order valence-corrected chi connectivity index (χ2v) is 8.18. The molecule has 0 bridgehead atoms. The van der Waals surface area contributed by atoms with Gasteiger partial charge in [-0.15, -0.1) is 0 Å². The van der Waals surface area contributed by atoms with Crippen LogP contribution in [0.25, 0.3) is 50.7 Å². The van der Waals surface area contributed by atoms with Gasteiger partial charge in [0.2, 0.25) is 0 Å². The molecule has 3 aromatic carbocycles. The van der Waals surface area contributed by atoms with Crippen molar-refractivity contribution in [1.82, 2.24) is 25.5 Å². The fourth-order valence-corrected chi connectivity index (χ4v) is 3.97. The summed E-state index contributed by atoms with van der Waals surface area (Å²) in [5, 5.41) is 11.7. The van der Waals surface area contributed by atoms with Crippen LogP contribution in [0.2, 0.25) is 0 Å². The van der Waals surface area contributed by atoms with E-state index in [1.54, 1.807) is 24.5 Å². The average molecular weight is 465 g/mol. The predicted molar refractivity (Wildman–Crippen MR) is 142 cm³/mol. The number of nitrogens with one attached hydrogen (secondary N) is 3. The van der Waals surface area contributed by atoms with Gasteiger partial charge in [0.25, 0.3) is 0 Å². The molecule has 35 heavy (non-hydrogen) atoms. The van der Waals surface area contributed by atoms with E-state index in [9.17, 15) is 4.39 Å². The number of aromatic nitrogens is 4. The highest BCUT2D eigenvalue weighted by molar-refractivity contribution is 5.97. The van der Waals surface area contributed by atoms with E-state index < -0.39 is 0 Å². The number of nitrogens with zero attached hydrogens (tertiary/aromatic N) is 3. The zero-order chi connectivity index (χ0) is 24.2. The highest BCUT2D eigenvalue weighted by Crippen LogP contribution is 2.32. The molecular formula is C28H25FN6. The molecule has 0 radical (unpaired) electrons. The molecule has 0 saturated carbocycles. The molecule has 0 unspecified atom stereocenters. The normalized spacial score (nSPS) is 11.9. The third kappa shape index (κ3) is 4.67. The van der Waals surface area contributed by atoms with Gasteiger partial charge in [-0.3, -0.25) is 10.1 Å². The van der Waals surface area contributed by atoms with Gasteiger partial charge in [-0.2, -0.15) is 5.10 Å². The van der Waals surface area contributed by atoms with Crippen molar-refractivity contribution in [1.29, 1.82) is 0 Å². The van der Waals surface area contributed by atoms with Gasteiger partial charge < -0.3 is 10.3 Å². The number of para-hydroxylation sites is 1. The SMILES string of the molecule is C=C(C=N/C=C/c1ccc2[nH]nc(-c3nc4c(-c5ccccc5F)cccc4[nH]3)c2c1)CNCC. The summed E-state index contributed by atoms with van der Waals surface area (Å²) < 4.78 is 14.5. The lowest BCUT2D eigenvalue weighted by Gasteiger charge is -2.03. The smallest absolute Gasteiger partial charge is 0.159 e. The number of fused-ring (bicyclic) bond motifs is 2.